The van der Waals surface area contributed by atoms with Crippen LogP contribution in [0.4, 0.5) is 0 Å². The van der Waals surface area contributed by atoms with E-state index in [1.165, 1.54) is 82.0 Å². The Morgan fingerprint density at radius 3 is 1.56 bits per heavy atom. The van der Waals surface area contributed by atoms with Crippen molar-refractivity contribution in [1.29, 1.82) is 0 Å². The summed E-state index contributed by atoms with van der Waals surface area (Å²) in [6.07, 6.45) is 11.5. The number of hydrogen-bond donors (Lipinski definition) is 0. The van der Waals surface area contributed by atoms with Crippen molar-refractivity contribution in [2.45, 2.75) is 65.2 Å². The number of unbranched alkanes of at least 4 members (excludes halogenated alkanes) is 2. The second kappa shape index (κ2) is 9.47. The predicted molar refractivity (Wildman–Crippen MR) is 78.3 cm³/mol. The minimum absolute atomic E-state index is 0. The number of nitrogens with zero attached hydrogens (tertiary/aromatic N) is 1. The molecule has 1 aliphatic heterocycles. The average Bonchev–Trinajstić information content (AvgIpc) is 2.50. The van der Waals surface area contributed by atoms with E-state index in [0.29, 0.717) is 0 Å². The maximum absolute atomic E-state index is 2.33. The third-order valence-electron chi connectivity index (χ3n) is 3.99. The van der Waals surface area contributed by atoms with E-state index in [0.717, 1.165) is 0 Å². The Bertz CT molecular complexity index is 141. The van der Waals surface area contributed by atoms with Gasteiger partial charge in [0, 0.05) is 0 Å². The number of rotatable bonds is 6. The Hall–Kier alpha value is 0.440. The van der Waals surface area contributed by atoms with E-state index in [1.54, 1.807) is 0 Å². The molecular weight excluding hydrogens is 262 g/mol. The van der Waals surface area contributed by atoms with E-state index in [4.69, 9.17) is 0 Å². The third kappa shape index (κ3) is 5.67. The first kappa shape index (κ1) is 16.4. The number of quaternary nitrogens is 1. The summed E-state index contributed by atoms with van der Waals surface area (Å²) >= 11 is 0. The number of likely N-dealkylation sites (tertiary alicyclic amines) is 1. The van der Waals surface area contributed by atoms with E-state index < -0.39 is 0 Å². The van der Waals surface area contributed by atoms with E-state index in [-0.39, 0.29) is 17.0 Å². The molecule has 2 heteroatoms. The second-order valence-corrected chi connectivity index (χ2v) is 5.36. The predicted octanol–water partition coefficient (Wildman–Crippen LogP) is 4.56. The summed E-state index contributed by atoms with van der Waals surface area (Å²) in [6.45, 7) is 10.5. The summed E-state index contributed by atoms with van der Waals surface area (Å²) in [4.78, 5) is 0. The number of halogens is 1. The van der Waals surface area contributed by atoms with Gasteiger partial charge in [0.2, 0.25) is 0 Å². The van der Waals surface area contributed by atoms with Crippen molar-refractivity contribution in [3.63, 3.8) is 0 Å². The van der Waals surface area contributed by atoms with Gasteiger partial charge in [0.25, 0.3) is 0 Å². The molecule has 98 valence electrons. The molecule has 0 unspecified atom stereocenters. The molecule has 0 aromatic heterocycles. The quantitative estimate of drug-likeness (QED) is 0.630. The molecule has 1 nitrogen and oxygen atoms in total. The molecule has 0 bridgehead atoms. The van der Waals surface area contributed by atoms with E-state index >= 15 is 0 Å². The van der Waals surface area contributed by atoms with Gasteiger partial charge in [-0.2, -0.15) is 0 Å². The molecule has 1 saturated heterocycles. The molecule has 16 heavy (non-hydrogen) atoms. The summed E-state index contributed by atoms with van der Waals surface area (Å²) in [5, 5.41) is 0. The third-order valence-corrected chi connectivity index (χ3v) is 3.99. The first-order chi connectivity index (χ1) is 7.33. The molecule has 0 aromatic rings. The summed E-state index contributed by atoms with van der Waals surface area (Å²) in [7, 11) is 0. The monoisotopic (exact) mass is 292 g/mol. The van der Waals surface area contributed by atoms with Crippen molar-refractivity contribution in [3.8, 4) is 0 Å². The molecule has 0 atom stereocenters. The highest BCUT2D eigenvalue weighted by atomic mass is 79.9. The van der Waals surface area contributed by atoms with Crippen LogP contribution in [0, 0.1) is 0 Å². The molecule has 0 amide bonds. The van der Waals surface area contributed by atoms with Crippen LogP contribution in [0.1, 0.15) is 65.2 Å². The zero-order chi connectivity index (χ0) is 11.0. The molecular formula is C14H31BrN+. The van der Waals surface area contributed by atoms with Gasteiger partial charge in [-0.15, -0.1) is 17.0 Å². The van der Waals surface area contributed by atoms with Gasteiger partial charge in [-0.25, -0.2) is 0 Å². The minimum atomic E-state index is 0. The molecule has 0 aliphatic carbocycles. The van der Waals surface area contributed by atoms with Gasteiger partial charge in [0.05, 0.1) is 26.2 Å². The molecule has 0 aromatic carbocycles. The van der Waals surface area contributed by atoms with E-state index in [1.807, 2.05) is 0 Å². The van der Waals surface area contributed by atoms with Crippen LogP contribution in [0.15, 0.2) is 0 Å². The first-order valence-corrected chi connectivity index (χ1v) is 7.18. The molecule has 0 spiro atoms. The Morgan fingerprint density at radius 2 is 1.19 bits per heavy atom. The molecule has 1 aliphatic rings. The summed E-state index contributed by atoms with van der Waals surface area (Å²) in [5.74, 6) is 0. The van der Waals surface area contributed by atoms with Crippen LogP contribution >= 0.6 is 17.0 Å². The zero-order valence-corrected chi connectivity index (χ0v) is 13.1. The zero-order valence-electron chi connectivity index (χ0n) is 11.3. The Morgan fingerprint density at radius 1 is 0.750 bits per heavy atom. The molecule has 1 fully saturated rings. The maximum Gasteiger partial charge on any atom is 0.0786 e. The standard InChI is InChI=1S/C14H30N.BrH/c1-3-5-11-15(12-6-4-2)13-9-7-8-10-14-15;/h3-14H2,1-2H3;1H/q+1;. The minimum Gasteiger partial charge on any atom is -0.324 e. The topological polar surface area (TPSA) is 0 Å². The Labute approximate surface area is 113 Å². The summed E-state index contributed by atoms with van der Waals surface area (Å²) < 4.78 is 1.46. The molecule has 0 N–H and O–H groups in total. The van der Waals surface area contributed by atoms with E-state index in [9.17, 15) is 0 Å². The largest absolute Gasteiger partial charge is 0.324 e. The lowest BCUT2D eigenvalue weighted by Crippen LogP contribution is -2.50. The maximum atomic E-state index is 2.33. The van der Waals surface area contributed by atoms with Crippen molar-refractivity contribution in [1.82, 2.24) is 0 Å². The first-order valence-electron chi connectivity index (χ1n) is 7.18. The SMILES string of the molecule is Br.CCCC[N+]1(CCCC)CCCCCC1. The fourth-order valence-corrected chi connectivity index (χ4v) is 2.91. The second-order valence-electron chi connectivity index (χ2n) is 5.36. The Kier molecular flexibility index (Phi) is 9.73. The normalized spacial score (nSPS) is 19.9. The highest BCUT2D eigenvalue weighted by Crippen LogP contribution is 2.20. The van der Waals surface area contributed by atoms with Crippen LogP contribution in [-0.4, -0.2) is 30.7 Å². The molecule has 0 radical (unpaired) electrons. The molecule has 1 rings (SSSR count). The lowest BCUT2D eigenvalue weighted by Gasteiger charge is -2.38. The Balaban J connectivity index is 0.00000225. The van der Waals surface area contributed by atoms with E-state index in [2.05, 4.69) is 13.8 Å². The van der Waals surface area contributed by atoms with Crippen molar-refractivity contribution in [3.05, 3.63) is 0 Å². The van der Waals surface area contributed by atoms with Crippen LogP contribution in [0.3, 0.4) is 0 Å². The fourth-order valence-electron chi connectivity index (χ4n) is 2.91. The van der Waals surface area contributed by atoms with Crippen molar-refractivity contribution in [2.75, 3.05) is 26.2 Å². The highest BCUT2D eigenvalue weighted by molar-refractivity contribution is 8.93. The van der Waals surface area contributed by atoms with Crippen LogP contribution in [-0.2, 0) is 0 Å². The van der Waals surface area contributed by atoms with Crippen LogP contribution < -0.4 is 0 Å². The van der Waals surface area contributed by atoms with Gasteiger partial charge in [-0.05, 0) is 38.5 Å². The fraction of sp³-hybridized carbons (Fsp3) is 1.00. The van der Waals surface area contributed by atoms with Gasteiger partial charge in [-0.3, -0.25) is 0 Å². The van der Waals surface area contributed by atoms with Gasteiger partial charge in [-0.1, -0.05) is 26.7 Å². The molecule has 1 heterocycles. The smallest absolute Gasteiger partial charge is 0.0786 e. The van der Waals surface area contributed by atoms with Gasteiger partial charge in [0.15, 0.2) is 0 Å². The lowest BCUT2D eigenvalue weighted by molar-refractivity contribution is -0.927. The van der Waals surface area contributed by atoms with Crippen molar-refractivity contribution < 1.29 is 4.48 Å². The lowest BCUT2D eigenvalue weighted by atomic mass is 10.2. The van der Waals surface area contributed by atoms with Gasteiger partial charge in [0.1, 0.15) is 0 Å². The summed E-state index contributed by atoms with van der Waals surface area (Å²) in [5.41, 5.74) is 0. The van der Waals surface area contributed by atoms with Crippen LogP contribution in [0.2, 0.25) is 0 Å². The summed E-state index contributed by atoms with van der Waals surface area (Å²) in [6, 6.07) is 0. The highest BCUT2D eigenvalue weighted by Gasteiger charge is 2.26. The van der Waals surface area contributed by atoms with Crippen LogP contribution in [0.5, 0.6) is 0 Å². The molecule has 0 saturated carbocycles. The van der Waals surface area contributed by atoms with Gasteiger partial charge >= 0.3 is 0 Å². The average molecular weight is 293 g/mol. The number of hydrogen-bond acceptors (Lipinski definition) is 0. The van der Waals surface area contributed by atoms with Gasteiger partial charge < -0.3 is 4.48 Å². The van der Waals surface area contributed by atoms with Crippen molar-refractivity contribution >= 4 is 17.0 Å². The van der Waals surface area contributed by atoms with Crippen LogP contribution in [0.25, 0.3) is 0 Å². The van der Waals surface area contributed by atoms with Crippen molar-refractivity contribution in [2.24, 2.45) is 0 Å².